The molecule has 4 aliphatic rings. The fraction of sp³-hybridized carbons (Fsp3) is 0.931. The molecule has 35 heavy (non-hydrogen) atoms. The molecule has 4 rings (SSSR count). The fourth-order valence-corrected chi connectivity index (χ4v) is 7.48. The van der Waals surface area contributed by atoms with Crippen molar-refractivity contribution < 1.29 is 10.4 Å². The van der Waals surface area contributed by atoms with E-state index in [1.54, 1.807) is 0 Å². The van der Waals surface area contributed by atoms with Crippen LogP contribution in [0.4, 0.5) is 0 Å². The smallest absolute Gasteiger partial charge is 0.0742 e. The molecule has 0 aromatic heterocycles. The van der Waals surface area contributed by atoms with Gasteiger partial charge < -0.3 is 10.4 Å². The van der Waals surface area contributed by atoms with Crippen molar-refractivity contribution in [3.8, 4) is 0 Å². The Bertz CT molecular complexity index is 610. The maximum atomic E-state index is 9.58. The van der Waals surface area contributed by atoms with Gasteiger partial charge >= 0.3 is 0 Å². The summed E-state index contributed by atoms with van der Waals surface area (Å²) < 4.78 is 0. The van der Waals surface area contributed by atoms with Crippen LogP contribution in [0.5, 0.6) is 0 Å². The van der Waals surface area contributed by atoms with Crippen LogP contribution in [0.2, 0.25) is 0 Å². The van der Waals surface area contributed by atoms with E-state index in [-0.39, 0.29) is 0 Å². The monoisotopic (exact) mass is 488 g/mol. The van der Waals surface area contributed by atoms with Gasteiger partial charge in [0.25, 0.3) is 0 Å². The summed E-state index contributed by atoms with van der Waals surface area (Å²) in [5, 5.41) is 26.6. The molecular weight excluding hydrogens is 436 g/mol. The molecular formula is C29H52N4O2. The largest absolute Gasteiger partial charge is 0.411 e. The first kappa shape index (κ1) is 26.9. The van der Waals surface area contributed by atoms with Crippen LogP contribution in [-0.4, -0.2) is 69.9 Å². The average Bonchev–Trinajstić information content (AvgIpc) is 2.86. The van der Waals surface area contributed by atoms with E-state index in [4.69, 9.17) is 0 Å². The van der Waals surface area contributed by atoms with Gasteiger partial charge in [-0.2, -0.15) is 0 Å². The number of nitrogens with zero attached hydrogens (tertiary/aromatic N) is 4. The lowest BCUT2D eigenvalue weighted by Gasteiger charge is -2.39. The average molecular weight is 489 g/mol. The zero-order valence-corrected chi connectivity index (χ0v) is 22.3. The van der Waals surface area contributed by atoms with Gasteiger partial charge in [0.1, 0.15) is 0 Å². The van der Waals surface area contributed by atoms with Crippen LogP contribution >= 0.6 is 0 Å². The standard InChI is InChI=1S/C29H52N4O2/c34-30-26-12-5-1-3-7-14-28(26)32-20-16-24(17-21-32)10-9-11-25-18-22-33(23-19-25)29-15-8-4-2-6-13-27(29)31-35/h24-25,28-29,34-35H,1-23H2/b30-26-,31-27-/t28-,29+. The minimum atomic E-state index is 0.390. The van der Waals surface area contributed by atoms with Crippen molar-refractivity contribution in [1.29, 1.82) is 0 Å². The molecule has 2 N–H and O–H groups in total. The Morgan fingerprint density at radius 2 is 0.943 bits per heavy atom. The number of hydrogen-bond donors (Lipinski definition) is 2. The molecule has 200 valence electrons. The van der Waals surface area contributed by atoms with Gasteiger partial charge in [-0.15, -0.1) is 0 Å². The Hall–Kier alpha value is -1.14. The van der Waals surface area contributed by atoms with Crippen LogP contribution < -0.4 is 0 Å². The normalized spacial score (nSPS) is 32.2. The Morgan fingerprint density at radius 1 is 0.543 bits per heavy atom. The highest BCUT2D eigenvalue weighted by Crippen LogP contribution is 2.31. The Labute approximate surface area is 214 Å². The molecule has 2 aliphatic heterocycles. The highest BCUT2D eigenvalue weighted by molar-refractivity contribution is 5.89. The van der Waals surface area contributed by atoms with Crippen molar-refractivity contribution in [2.75, 3.05) is 26.2 Å². The zero-order chi connectivity index (χ0) is 24.3. The maximum absolute atomic E-state index is 9.58. The lowest BCUT2D eigenvalue weighted by Crippen LogP contribution is -2.46. The summed E-state index contributed by atoms with van der Waals surface area (Å²) >= 11 is 0. The van der Waals surface area contributed by atoms with Gasteiger partial charge in [0.05, 0.1) is 23.5 Å². The van der Waals surface area contributed by atoms with Gasteiger partial charge in [-0.25, -0.2) is 0 Å². The predicted octanol–water partition coefficient (Wildman–Crippen LogP) is 6.69. The first-order valence-electron chi connectivity index (χ1n) is 15.2. The van der Waals surface area contributed by atoms with E-state index in [2.05, 4.69) is 20.1 Å². The van der Waals surface area contributed by atoms with Crippen molar-refractivity contribution in [2.45, 2.75) is 134 Å². The molecule has 0 amide bonds. The van der Waals surface area contributed by atoms with Crippen LogP contribution in [0.3, 0.4) is 0 Å². The number of piperidine rings is 2. The van der Waals surface area contributed by atoms with Crippen LogP contribution in [0, 0.1) is 11.8 Å². The number of likely N-dealkylation sites (tertiary alicyclic amines) is 2. The van der Waals surface area contributed by atoms with Gasteiger partial charge in [-0.05, 0) is 102 Å². The lowest BCUT2D eigenvalue weighted by molar-refractivity contribution is 0.135. The van der Waals surface area contributed by atoms with E-state index in [1.165, 1.54) is 135 Å². The van der Waals surface area contributed by atoms with E-state index in [9.17, 15) is 10.4 Å². The molecule has 0 spiro atoms. The summed E-state index contributed by atoms with van der Waals surface area (Å²) in [6.07, 6.45) is 23.9. The Kier molecular flexibility index (Phi) is 11.2. The first-order valence-corrected chi connectivity index (χ1v) is 15.2. The maximum Gasteiger partial charge on any atom is 0.0742 e. The second kappa shape index (κ2) is 14.6. The number of rotatable bonds is 6. The van der Waals surface area contributed by atoms with Gasteiger partial charge in [-0.1, -0.05) is 68.1 Å². The minimum absolute atomic E-state index is 0.390. The molecule has 0 unspecified atom stereocenters. The highest BCUT2D eigenvalue weighted by atomic mass is 16.4. The molecule has 2 heterocycles. The van der Waals surface area contributed by atoms with Crippen molar-refractivity contribution in [1.82, 2.24) is 9.80 Å². The topological polar surface area (TPSA) is 71.7 Å². The van der Waals surface area contributed by atoms with Gasteiger partial charge in [0.2, 0.25) is 0 Å². The van der Waals surface area contributed by atoms with Gasteiger partial charge in [0.15, 0.2) is 0 Å². The summed E-state index contributed by atoms with van der Waals surface area (Å²) in [6.45, 7) is 4.73. The van der Waals surface area contributed by atoms with Crippen molar-refractivity contribution in [3.63, 3.8) is 0 Å². The summed E-state index contributed by atoms with van der Waals surface area (Å²) in [6, 6.07) is 0.779. The Balaban J connectivity index is 1.13. The molecule has 0 aromatic carbocycles. The minimum Gasteiger partial charge on any atom is -0.411 e. The molecule has 4 fully saturated rings. The molecule has 2 saturated heterocycles. The van der Waals surface area contributed by atoms with E-state index >= 15 is 0 Å². The SMILES string of the molecule is O/N=C1/CCCCCC[C@H]1N1CCC(CCCC2CCN([C@H]3CCCCCC/C3=N/O)CC2)CC1. The van der Waals surface area contributed by atoms with Gasteiger partial charge in [-0.3, -0.25) is 9.80 Å². The number of oxime groups is 2. The molecule has 0 radical (unpaired) electrons. The van der Waals surface area contributed by atoms with Gasteiger partial charge in [0, 0.05) is 0 Å². The molecule has 2 aliphatic carbocycles. The molecule has 0 aromatic rings. The first-order chi connectivity index (χ1) is 17.3. The third kappa shape index (κ3) is 7.92. The zero-order valence-electron chi connectivity index (χ0n) is 22.3. The molecule has 6 heteroatoms. The number of hydrogen-bond acceptors (Lipinski definition) is 6. The van der Waals surface area contributed by atoms with Crippen molar-refractivity contribution in [2.24, 2.45) is 22.1 Å². The van der Waals surface area contributed by atoms with Crippen molar-refractivity contribution in [3.05, 3.63) is 0 Å². The van der Waals surface area contributed by atoms with E-state index < -0.39 is 0 Å². The molecule has 6 nitrogen and oxygen atoms in total. The Morgan fingerprint density at radius 3 is 1.34 bits per heavy atom. The third-order valence-corrected chi connectivity index (χ3v) is 9.75. The predicted molar refractivity (Wildman–Crippen MR) is 144 cm³/mol. The molecule has 2 atom stereocenters. The van der Waals surface area contributed by atoms with Crippen LogP contribution in [0.1, 0.15) is 122 Å². The van der Waals surface area contributed by atoms with E-state index in [0.29, 0.717) is 12.1 Å². The quantitative estimate of drug-likeness (QED) is 0.323. The summed E-state index contributed by atoms with van der Waals surface area (Å²) in [4.78, 5) is 5.26. The highest BCUT2D eigenvalue weighted by Gasteiger charge is 2.31. The van der Waals surface area contributed by atoms with Crippen LogP contribution in [0.15, 0.2) is 10.3 Å². The fourth-order valence-electron chi connectivity index (χ4n) is 7.48. The van der Waals surface area contributed by atoms with E-state index in [1.807, 2.05) is 0 Å². The van der Waals surface area contributed by atoms with Crippen LogP contribution in [0.25, 0.3) is 0 Å². The second-order valence-corrected chi connectivity index (χ2v) is 12.0. The third-order valence-electron chi connectivity index (χ3n) is 9.75. The molecule has 2 saturated carbocycles. The van der Waals surface area contributed by atoms with E-state index in [0.717, 1.165) is 36.1 Å². The van der Waals surface area contributed by atoms with Crippen molar-refractivity contribution >= 4 is 11.4 Å². The molecule has 0 bridgehead atoms. The summed E-state index contributed by atoms with van der Waals surface area (Å²) in [5.74, 6) is 1.76. The lowest BCUT2D eigenvalue weighted by atomic mass is 9.85. The summed E-state index contributed by atoms with van der Waals surface area (Å²) in [5.41, 5.74) is 2.09. The summed E-state index contributed by atoms with van der Waals surface area (Å²) in [7, 11) is 0. The van der Waals surface area contributed by atoms with Crippen LogP contribution in [-0.2, 0) is 0 Å². The second-order valence-electron chi connectivity index (χ2n) is 12.0.